The Morgan fingerprint density at radius 3 is 2.00 bits per heavy atom. The largest absolute Gasteiger partial charge is 0.383 e. The Kier molecular flexibility index (Phi) is 6.42. The van der Waals surface area contributed by atoms with Crippen molar-refractivity contribution in [3.63, 3.8) is 0 Å². The van der Waals surface area contributed by atoms with Crippen LogP contribution in [0, 0.1) is 5.41 Å². The highest BCUT2D eigenvalue weighted by molar-refractivity contribution is 5.23. The second-order valence-electron chi connectivity index (χ2n) is 7.66. The van der Waals surface area contributed by atoms with Crippen molar-refractivity contribution in [1.29, 1.82) is 0 Å². The summed E-state index contributed by atoms with van der Waals surface area (Å²) < 4.78 is 5.16. The maximum absolute atomic E-state index is 5.16. The van der Waals surface area contributed by atoms with Crippen LogP contribution in [0.3, 0.4) is 0 Å². The Morgan fingerprint density at radius 2 is 1.45 bits per heavy atom. The number of hydrogen-bond acceptors (Lipinski definition) is 3. The summed E-state index contributed by atoms with van der Waals surface area (Å²) in [5.74, 6) is 0. The molecule has 1 saturated heterocycles. The molecule has 0 atom stereocenters. The minimum Gasteiger partial charge on any atom is -0.383 e. The molecule has 0 N–H and O–H groups in total. The smallest absolute Gasteiger partial charge is 0.0589 e. The molecule has 1 aliphatic heterocycles. The molecule has 0 spiro atoms. The Bertz CT molecular complexity index is 428. The van der Waals surface area contributed by atoms with E-state index in [2.05, 4.69) is 54.8 Å². The molecule has 1 aliphatic rings. The van der Waals surface area contributed by atoms with Gasteiger partial charge in [0.1, 0.15) is 0 Å². The zero-order valence-corrected chi connectivity index (χ0v) is 14.8. The van der Waals surface area contributed by atoms with Gasteiger partial charge in [-0.25, -0.2) is 0 Å². The maximum Gasteiger partial charge on any atom is 0.0589 e. The molecule has 0 bridgehead atoms. The van der Waals surface area contributed by atoms with Crippen molar-refractivity contribution in [3.05, 3.63) is 35.4 Å². The van der Waals surface area contributed by atoms with E-state index in [0.29, 0.717) is 5.41 Å². The molecular weight excluding hydrogens is 272 g/mol. The highest BCUT2D eigenvalue weighted by atomic mass is 16.5. The highest BCUT2D eigenvalue weighted by Gasteiger charge is 2.16. The predicted octanol–water partition coefficient (Wildman–Crippen LogP) is 3.04. The van der Waals surface area contributed by atoms with E-state index >= 15 is 0 Å². The molecule has 0 aromatic heterocycles. The lowest BCUT2D eigenvalue weighted by Crippen LogP contribution is -2.46. The van der Waals surface area contributed by atoms with Gasteiger partial charge in [0.25, 0.3) is 0 Å². The molecule has 0 aliphatic carbocycles. The normalized spacial score (nSPS) is 17.8. The Hall–Kier alpha value is -0.900. The first kappa shape index (κ1) is 17.5. The van der Waals surface area contributed by atoms with Crippen molar-refractivity contribution < 1.29 is 4.74 Å². The monoisotopic (exact) mass is 304 g/mol. The highest BCUT2D eigenvalue weighted by Crippen LogP contribution is 2.21. The van der Waals surface area contributed by atoms with Crippen LogP contribution in [0.2, 0.25) is 0 Å². The number of hydrogen-bond donors (Lipinski definition) is 0. The van der Waals surface area contributed by atoms with Crippen molar-refractivity contribution >= 4 is 0 Å². The molecule has 124 valence electrons. The second kappa shape index (κ2) is 8.09. The molecule has 22 heavy (non-hydrogen) atoms. The minimum atomic E-state index is 0.361. The SMILES string of the molecule is COCCN1CCN(Cc2ccc(CC(C)(C)C)cc2)CC1. The van der Waals surface area contributed by atoms with E-state index in [4.69, 9.17) is 4.74 Å². The second-order valence-corrected chi connectivity index (χ2v) is 7.66. The zero-order valence-electron chi connectivity index (χ0n) is 14.8. The molecule has 1 heterocycles. The van der Waals surface area contributed by atoms with Gasteiger partial charge in [0.15, 0.2) is 0 Å². The van der Waals surface area contributed by atoms with Crippen LogP contribution in [0.1, 0.15) is 31.9 Å². The summed E-state index contributed by atoms with van der Waals surface area (Å²) in [6.07, 6.45) is 1.14. The van der Waals surface area contributed by atoms with Gasteiger partial charge < -0.3 is 4.74 Å². The zero-order chi connectivity index (χ0) is 16.0. The Labute approximate surface area is 136 Å². The van der Waals surface area contributed by atoms with Gasteiger partial charge in [-0.1, -0.05) is 45.0 Å². The van der Waals surface area contributed by atoms with Crippen molar-refractivity contribution in [2.75, 3.05) is 46.4 Å². The fourth-order valence-electron chi connectivity index (χ4n) is 3.02. The molecule has 1 fully saturated rings. The number of rotatable bonds is 6. The molecular formula is C19H32N2O. The van der Waals surface area contributed by atoms with Gasteiger partial charge >= 0.3 is 0 Å². The van der Waals surface area contributed by atoms with Crippen molar-refractivity contribution in [2.45, 2.75) is 33.7 Å². The quantitative estimate of drug-likeness (QED) is 0.803. The van der Waals surface area contributed by atoms with Gasteiger partial charge in [-0.2, -0.15) is 0 Å². The average Bonchev–Trinajstić information content (AvgIpc) is 2.47. The van der Waals surface area contributed by atoms with Gasteiger partial charge in [-0.3, -0.25) is 9.80 Å². The summed E-state index contributed by atoms with van der Waals surface area (Å²) in [5.41, 5.74) is 3.24. The van der Waals surface area contributed by atoms with E-state index in [-0.39, 0.29) is 0 Å². The van der Waals surface area contributed by atoms with Gasteiger partial charge in [-0.15, -0.1) is 0 Å². The van der Waals surface area contributed by atoms with Crippen LogP contribution in [0.4, 0.5) is 0 Å². The van der Waals surface area contributed by atoms with Crippen LogP contribution in [-0.2, 0) is 17.7 Å². The molecule has 3 heteroatoms. The molecule has 0 saturated carbocycles. The number of methoxy groups -OCH3 is 1. The van der Waals surface area contributed by atoms with E-state index in [0.717, 1.165) is 52.3 Å². The number of piperazine rings is 1. The summed E-state index contributed by atoms with van der Waals surface area (Å²) in [6.45, 7) is 14.5. The summed E-state index contributed by atoms with van der Waals surface area (Å²) in [6, 6.07) is 9.21. The van der Waals surface area contributed by atoms with Crippen LogP contribution in [-0.4, -0.2) is 56.2 Å². The third-order valence-corrected chi connectivity index (χ3v) is 4.24. The predicted molar refractivity (Wildman–Crippen MR) is 93.2 cm³/mol. The lowest BCUT2D eigenvalue weighted by molar-refractivity contribution is 0.0938. The number of benzene rings is 1. The van der Waals surface area contributed by atoms with Crippen LogP contribution in [0.5, 0.6) is 0 Å². The van der Waals surface area contributed by atoms with Crippen LogP contribution < -0.4 is 0 Å². The van der Waals surface area contributed by atoms with Gasteiger partial charge in [0, 0.05) is 46.4 Å². The molecule has 0 unspecified atom stereocenters. The van der Waals surface area contributed by atoms with Crippen molar-refractivity contribution in [1.82, 2.24) is 9.80 Å². The fraction of sp³-hybridized carbons (Fsp3) is 0.684. The fourth-order valence-corrected chi connectivity index (χ4v) is 3.02. The van der Waals surface area contributed by atoms with Gasteiger partial charge in [0.2, 0.25) is 0 Å². The average molecular weight is 304 g/mol. The molecule has 0 radical (unpaired) electrons. The van der Waals surface area contributed by atoms with Gasteiger partial charge in [-0.05, 0) is 23.0 Å². The van der Waals surface area contributed by atoms with Gasteiger partial charge in [0.05, 0.1) is 6.61 Å². The first-order chi connectivity index (χ1) is 10.5. The van der Waals surface area contributed by atoms with E-state index in [9.17, 15) is 0 Å². The Balaban J connectivity index is 1.77. The van der Waals surface area contributed by atoms with Crippen LogP contribution >= 0.6 is 0 Å². The Morgan fingerprint density at radius 1 is 0.909 bits per heavy atom. The summed E-state index contributed by atoms with van der Waals surface area (Å²) in [4.78, 5) is 5.05. The van der Waals surface area contributed by atoms with E-state index in [1.54, 1.807) is 7.11 Å². The minimum absolute atomic E-state index is 0.361. The van der Waals surface area contributed by atoms with E-state index in [1.165, 1.54) is 11.1 Å². The van der Waals surface area contributed by atoms with Crippen molar-refractivity contribution in [3.8, 4) is 0 Å². The van der Waals surface area contributed by atoms with Crippen molar-refractivity contribution in [2.24, 2.45) is 5.41 Å². The standard InChI is InChI=1S/C19H32N2O/c1-19(2,3)15-17-5-7-18(8-6-17)16-21-11-9-20(10-12-21)13-14-22-4/h5-8H,9-16H2,1-4H3. The third-order valence-electron chi connectivity index (χ3n) is 4.24. The molecule has 2 rings (SSSR count). The molecule has 1 aromatic rings. The molecule has 0 amide bonds. The van der Waals surface area contributed by atoms with Crippen LogP contribution in [0.15, 0.2) is 24.3 Å². The van der Waals surface area contributed by atoms with E-state index < -0.39 is 0 Å². The lowest BCUT2D eigenvalue weighted by Gasteiger charge is -2.34. The lowest BCUT2D eigenvalue weighted by atomic mass is 9.88. The summed E-state index contributed by atoms with van der Waals surface area (Å²) in [7, 11) is 1.78. The summed E-state index contributed by atoms with van der Waals surface area (Å²) in [5, 5.41) is 0. The number of nitrogens with zero attached hydrogens (tertiary/aromatic N) is 2. The first-order valence-corrected chi connectivity index (χ1v) is 8.48. The number of ether oxygens (including phenoxy) is 1. The van der Waals surface area contributed by atoms with E-state index in [1.807, 2.05) is 0 Å². The maximum atomic E-state index is 5.16. The molecule has 1 aromatic carbocycles. The first-order valence-electron chi connectivity index (χ1n) is 8.48. The molecule has 3 nitrogen and oxygen atoms in total. The summed E-state index contributed by atoms with van der Waals surface area (Å²) >= 11 is 0. The van der Waals surface area contributed by atoms with Crippen LogP contribution in [0.25, 0.3) is 0 Å². The topological polar surface area (TPSA) is 15.7 Å². The third kappa shape index (κ3) is 6.07.